The van der Waals surface area contributed by atoms with Crippen molar-refractivity contribution in [2.75, 3.05) is 0 Å². The molecule has 0 atom stereocenters. The van der Waals surface area contributed by atoms with Gasteiger partial charge in [0.1, 0.15) is 5.15 Å². The van der Waals surface area contributed by atoms with Crippen LogP contribution in [0, 0.1) is 20.8 Å². The molecule has 1 aromatic heterocycles. The van der Waals surface area contributed by atoms with Crippen molar-refractivity contribution in [3.05, 3.63) is 46.2 Å². The summed E-state index contributed by atoms with van der Waals surface area (Å²) in [6.45, 7) is 6.04. The van der Waals surface area contributed by atoms with Gasteiger partial charge in [-0.2, -0.15) is 0 Å². The molecule has 3 heteroatoms. The van der Waals surface area contributed by atoms with E-state index in [0.29, 0.717) is 11.0 Å². The van der Waals surface area contributed by atoms with E-state index in [1.807, 2.05) is 6.92 Å². The lowest BCUT2D eigenvalue weighted by Gasteiger charge is -2.05. The van der Waals surface area contributed by atoms with Crippen molar-refractivity contribution in [3.8, 4) is 11.4 Å². The second-order valence-corrected chi connectivity index (χ2v) is 4.42. The largest absolute Gasteiger partial charge is 0.233 e. The van der Waals surface area contributed by atoms with Gasteiger partial charge < -0.3 is 0 Å². The lowest BCUT2D eigenvalue weighted by atomic mass is 10.1. The van der Waals surface area contributed by atoms with E-state index < -0.39 is 0 Å². The highest BCUT2D eigenvalue weighted by Crippen LogP contribution is 2.20. The van der Waals surface area contributed by atoms with E-state index in [-0.39, 0.29) is 0 Å². The summed E-state index contributed by atoms with van der Waals surface area (Å²) in [5.74, 6) is 0.691. The van der Waals surface area contributed by atoms with E-state index in [4.69, 9.17) is 11.6 Å². The molecule has 0 amide bonds. The third kappa shape index (κ3) is 2.39. The Morgan fingerprint density at radius 1 is 0.875 bits per heavy atom. The number of aryl methyl sites for hydroxylation is 3. The van der Waals surface area contributed by atoms with Crippen LogP contribution in [0.15, 0.2) is 24.3 Å². The Kier molecular flexibility index (Phi) is 2.92. The molecule has 0 aliphatic rings. The van der Waals surface area contributed by atoms with Crippen molar-refractivity contribution in [1.82, 2.24) is 9.97 Å². The minimum Gasteiger partial charge on any atom is -0.233 e. The van der Waals surface area contributed by atoms with Crippen LogP contribution >= 0.6 is 11.6 Å². The van der Waals surface area contributed by atoms with Crippen LogP contribution in [0.5, 0.6) is 0 Å². The van der Waals surface area contributed by atoms with E-state index in [1.165, 1.54) is 11.1 Å². The molecular weight excluding hydrogens is 220 g/mol. The van der Waals surface area contributed by atoms with Gasteiger partial charge in [0.2, 0.25) is 0 Å². The van der Waals surface area contributed by atoms with Gasteiger partial charge in [0, 0.05) is 11.3 Å². The molecule has 0 unspecified atom stereocenters. The fourth-order valence-corrected chi connectivity index (χ4v) is 2.00. The van der Waals surface area contributed by atoms with Gasteiger partial charge in [0.25, 0.3) is 0 Å². The van der Waals surface area contributed by atoms with Gasteiger partial charge in [-0.25, -0.2) is 9.97 Å². The Bertz CT molecular complexity index is 445. The average molecular weight is 233 g/mol. The number of aromatic nitrogens is 2. The lowest BCUT2D eigenvalue weighted by molar-refractivity contribution is 1.11. The van der Waals surface area contributed by atoms with Crippen molar-refractivity contribution >= 4 is 11.6 Å². The van der Waals surface area contributed by atoms with Crippen LogP contribution in [-0.2, 0) is 0 Å². The van der Waals surface area contributed by atoms with Gasteiger partial charge in [-0.05, 0) is 39.0 Å². The summed E-state index contributed by atoms with van der Waals surface area (Å²) >= 11 is 5.93. The molecule has 2 nitrogen and oxygen atoms in total. The summed E-state index contributed by atoms with van der Waals surface area (Å²) in [6, 6.07) is 8.02. The first kappa shape index (κ1) is 11.1. The van der Waals surface area contributed by atoms with Gasteiger partial charge in [-0.3, -0.25) is 0 Å². The van der Waals surface area contributed by atoms with E-state index in [0.717, 1.165) is 11.3 Å². The van der Waals surface area contributed by atoms with Crippen molar-refractivity contribution in [2.45, 2.75) is 20.8 Å². The zero-order valence-corrected chi connectivity index (χ0v) is 10.3. The zero-order valence-electron chi connectivity index (χ0n) is 9.58. The number of halogens is 1. The fourth-order valence-electron chi connectivity index (χ4n) is 1.76. The summed E-state index contributed by atoms with van der Waals surface area (Å²) < 4.78 is 0. The molecule has 0 spiro atoms. The molecule has 2 rings (SSSR count). The molecule has 0 saturated carbocycles. The maximum absolute atomic E-state index is 5.93. The van der Waals surface area contributed by atoms with Crippen LogP contribution in [0.3, 0.4) is 0 Å². The number of hydrogen-bond acceptors (Lipinski definition) is 2. The van der Waals surface area contributed by atoms with Crippen LogP contribution in [0.2, 0.25) is 5.15 Å². The minimum absolute atomic E-state index is 0.488. The Balaban J connectivity index is 2.57. The molecule has 16 heavy (non-hydrogen) atoms. The fraction of sp³-hybridized carbons (Fsp3) is 0.231. The van der Waals surface area contributed by atoms with Crippen LogP contribution in [0.1, 0.15) is 16.8 Å². The van der Waals surface area contributed by atoms with Crippen LogP contribution < -0.4 is 0 Å². The molecule has 1 heterocycles. The molecule has 2 aromatic rings. The van der Waals surface area contributed by atoms with Crippen molar-refractivity contribution in [2.24, 2.45) is 0 Å². The zero-order chi connectivity index (χ0) is 11.7. The second-order valence-electron chi connectivity index (χ2n) is 4.03. The Morgan fingerprint density at radius 2 is 1.50 bits per heavy atom. The van der Waals surface area contributed by atoms with Crippen molar-refractivity contribution < 1.29 is 0 Å². The maximum Gasteiger partial charge on any atom is 0.161 e. The number of benzene rings is 1. The minimum atomic E-state index is 0.488. The van der Waals surface area contributed by atoms with Crippen LogP contribution in [-0.4, -0.2) is 9.97 Å². The smallest absolute Gasteiger partial charge is 0.161 e. The van der Waals surface area contributed by atoms with Gasteiger partial charge in [0.15, 0.2) is 5.82 Å². The van der Waals surface area contributed by atoms with Gasteiger partial charge in [-0.15, -0.1) is 0 Å². The third-order valence-corrected chi connectivity index (χ3v) is 2.50. The normalized spacial score (nSPS) is 10.5. The van der Waals surface area contributed by atoms with E-state index in [1.54, 1.807) is 6.07 Å². The molecule has 1 aromatic carbocycles. The molecule has 0 bridgehead atoms. The summed E-state index contributed by atoms with van der Waals surface area (Å²) in [4.78, 5) is 8.63. The highest BCUT2D eigenvalue weighted by molar-refractivity contribution is 6.29. The van der Waals surface area contributed by atoms with E-state index in [2.05, 4.69) is 42.0 Å². The molecule has 0 aliphatic carbocycles. The lowest BCUT2D eigenvalue weighted by Crippen LogP contribution is -1.93. The van der Waals surface area contributed by atoms with Crippen LogP contribution in [0.4, 0.5) is 0 Å². The Morgan fingerprint density at radius 3 is 2.06 bits per heavy atom. The average Bonchev–Trinajstić information content (AvgIpc) is 2.14. The second kappa shape index (κ2) is 4.22. The van der Waals surface area contributed by atoms with E-state index >= 15 is 0 Å². The van der Waals surface area contributed by atoms with Crippen molar-refractivity contribution in [3.63, 3.8) is 0 Å². The SMILES string of the molecule is Cc1cc(C)cc(-c2nc(C)cc(Cl)n2)c1. The maximum atomic E-state index is 5.93. The summed E-state index contributed by atoms with van der Waals surface area (Å²) in [7, 11) is 0. The molecule has 0 fully saturated rings. The molecule has 0 aliphatic heterocycles. The van der Waals surface area contributed by atoms with Gasteiger partial charge >= 0.3 is 0 Å². The van der Waals surface area contributed by atoms with Gasteiger partial charge in [0.05, 0.1) is 0 Å². The molecular formula is C13H13ClN2. The quantitative estimate of drug-likeness (QED) is 0.701. The first-order chi connectivity index (χ1) is 7.54. The highest BCUT2D eigenvalue weighted by atomic mass is 35.5. The Labute approximate surface area is 100 Å². The Hall–Kier alpha value is -1.41. The topological polar surface area (TPSA) is 25.8 Å². The summed E-state index contributed by atoms with van der Waals surface area (Å²) in [5, 5.41) is 0.488. The van der Waals surface area contributed by atoms with Crippen LogP contribution in [0.25, 0.3) is 11.4 Å². The number of nitrogens with zero attached hydrogens (tertiary/aromatic N) is 2. The monoisotopic (exact) mass is 232 g/mol. The molecule has 82 valence electrons. The summed E-state index contributed by atoms with van der Waals surface area (Å²) in [5.41, 5.74) is 4.31. The summed E-state index contributed by atoms with van der Waals surface area (Å²) in [6.07, 6.45) is 0. The van der Waals surface area contributed by atoms with E-state index in [9.17, 15) is 0 Å². The highest BCUT2D eigenvalue weighted by Gasteiger charge is 2.05. The van der Waals surface area contributed by atoms with Gasteiger partial charge in [-0.1, -0.05) is 28.8 Å². The first-order valence-corrected chi connectivity index (χ1v) is 5.52. The molecule has 0 radical (unpaired) electrons. The molecule has 0 saturated heterocycles. The standard InChI is InChI=1S/C13H13ClN2/c1-8-4-9(2)6-11(5-8)13-15-10(3)7-12(14)16-13/h4-7H,1-3H3. The molecule has 0 N–H and O–H groups in total. The predicted molar refractivity (Wildman–Crippen MR) is 66.7 cm³/mol. The predicted octanol–water partition coefficient (Wildman–Crippen LogP) is 3.72. The van der Waals surface area contributed by atoms with Crippen molar-refractivity contribution in [1.29, 1.82) is 0 Å². The number of hydrogen-bond donors (Lipinski definition) is 0. The first-order valence-electron chi connectivity index (χ1n) is 5.14. The third-order valence-electron chi connectivity index (χ3n) is 2.30. The number of rotatable bonds is 1.